The molecule has 0 aliphatic heterocycles. The van der Waals surface area contributed by atoms with Crippen LogP contribution >= 0.6 is 0 Å². The second kappa shape index (κ2) is 6.65. The molecule has 0 saturated carbocycles. The molecule has 0 radical (unpaired) electrons. The molecule has 0 fully saturated rings. The van der Waals surface area contributed by atoms with Crippen molar-refractivity contribution in [2.75, 3.05) is 0 Å². The molecule has 0 aromatic carbocycles. The summed E-state index contributed by atoms with van der Waals surface area (Å²) in [5.74, 6) is 1.01. The van der Waals surface area contributed by atoms with Gasteiger partial charge in [0.05, 0.1) is 0 Å². The topological polar surface area (TPSA) is 28.7 Å². The first kappa shape index (κ1) is 14.2. The van der Waals surface area contributed by atoms with Gasteiger partial charge in [0.1, 0.15) is 5.82 Å². The van der Waals surface area contributed by atoms with Gasteiger partial charge >= 0.3 is 0 Å². The van der Waals surface area contributed by atoms with Gasteiger partial charge < -0.3 is 4.98 Å². The summed E-state index contributed by atoms with van der Waals surface area (Å²) in [7, 11) is 0. The van der Waals surface area contributed by atoms with E-state index in [-0.39, 0.29) is 1.43 Å². The summed E-state index contributed by atoms with van der Waals surface area (Å²) < 4.78 is 0. The van der Waals surface area contributed by atoms with Gasteiger partial charge in [-0.2, -0.15) is 0 Å². The van der Waals surface area contributed by atoms with Gasteiger partial charge in [-0.1, -0.05) is 41.0 Å². The Morgan fingerprint density at radius 1 is 1.33 bits per heavy atom. The Morgan fingerprint density at radius 2 is 1.87 bits per heavy atom. The number of imidazole rings is 1. The number of nitrogens with one attached hydrogen (secondary N) is 1. The molecule has 0 atom stereocenters. The number of hydrogen-bond donors (Lipinski definition) is 1. The molecule has 0 spiro atoms. The van der Waals surface area contributed by atoms with E-state index < -0.39 is 0 Å². The van der Waals surface area contributed by atoms with Crippen molar-refractivity contribution in [3.63, 3.8) is 0 Å². The molecule has 15 heavy (non-hydrogen) atoms. The van der Waals surface area contributed by atoms with Crippen molar-refractivity contribution in [3.8, 4) is 0 Å². The van der Waals surface area contributed by atoms with Crippen molar-refractivity contribution in [1.82, 2.24) is 9.97 Å². The number of H-pyrrole nitrogens is 1. The van der Waals surface area contributed by atoms with Crippen molar-refractivity contribution < 1.29 is 1.43 Å². The van der Waals surface area contributed by atoms with E-state index in [1.54, 1.807) is 0 Å². The Labute approximate surface area is 96.0 Å². The van der Waals surface area contributed by atoms with E-state index in [4.69, 9.17) is 0 Å². The van der Waals surface area contributed by atoms with Gasteiger partial charge in [-0.3, -0.25) is 0 Å². The first-order valence-corrected chi connectivity index (χ1v) is 5.89. The number of nitrogens with zero attached hydrogens (tertiary/aromatic N) is 1. The quantitative estimate of drug-likeness (QED) is 0.775. The highest BCUT2D eigenvalue weighted by Crippen LogP contribution is 2.20. The third kappa shape index (κ3) is 8.22. The van der Waals surface area contributed by atoms with Crippen LogP contribution in [0.15, 0.2) is 6.20 Å². The Kier molecular flexibility index (Phi) is 6.30. The van der Waals surface area contributed by atoms with Crippen LogP contribution in [0.25, 0.3) is 0 Å². The SMILES string of the molecule is CCC.Cc1ncc(CCC(C)(C)C)[nH]1.[HH]. The summed E-state index contributed by atoms with van der Waals surface area (Å²) in [6.07, 6.45) is 5.49. The lowest BCUT2D eigenvalue weighted by Gasteiger charge is -2.16. The first-order valence-electron chi connectivity index (χ1n) is 5.89. The van der Waals surface area contributed by atoms with Crippen LogP contribution < -0.4 is 0 Å². The zero-order valence-electron chi connectivity index (χ0n) is 11.1. The molecule has 2 heteroatoms. The van der Waals surface area contributed by atoms with E-state index in [0.717, 1.165) is 12.2 Å². The van der Waals surface area contributed by atoms with Gasteiger partial charge in [-0.25, -0.2) is 4.98 Å². The molecule has 0 aliphatic rings. The maximum Gasteiger partial charge on any atom is 0.103 e. The van der Waals surface area contributed by atoms with Crippen LogP contribution in [0.4, 0.5) is 0 Å². The third-order valence-corrected chi connectivity index (χ3v) is 1.90. The second-order valence-electron chi connectivity index (χ2n) is 5.26. The summed E-state index contributed by atoms with van der Waals surface area (Å²) in [6, 6.07) is 0. The van der Waals surface area contributed by atoms with Crippen LogP contribution in [0, 0.1) is 12.3 Å². The van der Waals surface area contributed by atoms with Crippen molar-refractivity contribution in [2.24, 2.45) is 5.41 Å². The van der Waals surface area contributed by atoms with Crippen LogP contribution in [0.5, 0.6) is 0 Å². The monoisotopic (exact) mass is 212 g/mol. The van der Waals surface area contributed by atoms with Gasteiger partial charge in [-0.05, 0) is 25.2 Å². The fourth-order valence-corrected chi connectivity index (χ4v) is 1.11. The minimum absolute atomic E-state index is 0. The predicted molar refractivity (Wildman–Crippen MR) is 69.2 cm³/mol. The summed E-state index contributed by atoms with van der Waals surface area (Å²) in [4.78, 5) is 7.40. The summed E-state index contributed by atoms with van der Waals surface area (Å²) >= 11 is 0. The molecule has 0 saturated heterocycles. The fourth-order valence-electron chi connectivity index (χ4n) is 1.11. The molecule has 90 valence electrons. The van der Waals surface area contributed by atoms with E-state index >= 15 is 0 Å². The Balaban J connectivity index is 0. The molecular weight excluding hydrogens is 184 g/mol. The molecule has 1 aromatic rings. The molecular formula is C13H28N2. The highest BCUT2D eigenvalue weighted by atomic mass is 14.9. The van der Waals surface area contributed by atoms with E-state index in [0.29, 0.717) is 5.41 Å². The first-order chi connectivity index (χ1) is 6.89. The summed E-state index contributed by atoms with van der Waals surface area (Å²) in [5.41, 5.74) is 1.67. The van der Waals surface area contributed by atoms with Gasteiger partial charge in [-0.15, -0.1) is 0 Å². The number of rotatable bonds is 2. The van der Waals surface area contributed by atoms with E-state index in [1.165, 1.54) is 18.5 Å². The number of aromatic nitrogens is 2. The summed E-state index contributed by atoms with van der Waals surface area (Å²) in [6.45, 7) is 13.0. The largest absolute Gasteiger partial charge is 0.346 e. The van der Waals surface area contributed by atoms with E-state index in [1.807, 2.05) is 13.1 Å². The van der Waals surface area contributed by atoms with E-state index in [9.17, 15) is 0 Å². The molecule has 0 aliphatic carbocycles. The van der Waals surface area contributed by atoms with Crippen LogP contribution in [-0.4, -0.2) is 9.97 Å². The predicted octanol–water partition coefficient (Wildman–Crippen LogP) is 4.36. The van der Waals surface area contributed by atoms with Crippen LogP contribution in [0.1, 0.15) is 60.4 Å². The Morgan fingerprint density at radius 3 is 2.20 bits per heavy atom. The lowest BCUT2D eigenvalue weighted by atomic mass is 9.90. The molecule has 2 nitrogen and oxygen atoms in total. The number of aryl methyl sites for hydroxylation is 2. The number of hydrogen-bond acceptors (Lipinski definition) is 1. The van der Waals surface area contributed by atoms with Gasteiger partial charge in [0.25, 0.3) is 0 Å². The van der Waals surface area contributed by atoms with Crippen molar-refractivity contribution in [3.05, 3.63) is 17.7 Å². The molecule has 0 bridgehead atoms. The lowest BCUT2D eigenvalue weighted by Crippen LogP contribution is -2.06. The molecule has 1 rings (SSSR count). The average Bonchev–Trinajstić information content (AvgIpc) is 2.48. The standard InChI is InChI=1S/C10H18N2.C3H8.H2/c1-8-11-7-9(12-8)5-6-10(2,3)4;1-3-2;/h7H,5-6H2,1-4H3,(H,11,12);3H2,1-2H3;1H. The zero-order chi connectivity index (χ0) is 11.9. The smallest absolute Gasteiger partial charge is 0.103 e. The van der Waals surface area contributed by atoms with Crippen LogP contribution in [0.2, 0.25) is 0 Å². The van der Waals surface area contributed by atoms with Crippen LogP contribution in [-0.2, 0) is 6.42 Å². The van der Waals surface area contributed by atoms with Crippen molar-refractivity contribution in [2.45, 2.75) is 60.8 Å². The maximum absolute atomic E-state index is 4.16. The van der Waals surface area contributed by atoms with Crippen LogP contribution in [0.3, 0.4) is 0 Å². The molecule has 0 amide bonds. The third-order valence-electron chi connectivity index (χ3n) is 1.90. The van der Waals surface area contributed by atoms with Crippen molar-refractivity contribution >= 4 is 0 Å². The second-order valence-corrected chi connectivity index (χ2v) is 5.26. The molecule has 0 unspecified atom stereocenters. The normalized spacial score (nSPS) is 10.8. The highest BCUT2D eigenvalue weighted by molar-refractivity contribution is 5.00. The lowest BCUT2D eigenvalue weighted by molar-refractivity contribution is 0.376. The van der Waals surface area contributed by atoms with Gasteiger partial charge in [0, 0.05) is 13.3 Å². The van der Waals surface area contributed by atoms with E-state index in [2.05, 4.69) is 44.6 Å². The zero-order valence-corrected chi connectivity index (χ0v) is 11.1. The fraction of sp³-hybridized carbons (Fsp3) is 0.769. The maximum atomic E-state index is 4.16. The van der Waals surface area contributed by atoms with Gasteiger partial charge in [0.2, 0.25) is 0 Å². The minimum Gasteiger partial charge on any atom is -0.346 e. The molecule has 1 N–H and O–H groups in total. The average molecular weight is 212 g/mol. The minimum atomic E-state index is 0. The molecule has 1 heterocycles. The Hall–Kier alpha value is -0.790. The van der Waals surface area contributed by atoms with Gasteiger partial charge in [0.15, 0.2) is 0 Å². The summed E-state index contributed by atoms with van der Waals surface area (Å²) in [5, 5.41) is 0. The highest BCUT2D eigenvalue weighted by Gasteiger charge is 2.10. The molecule has 1 aromatic heterocycles. The Bertz CT molecular complexity index is 261. The number of aromatic amines is 1. The van der Waals surface area contributed by atoms with Crippen molar-refractivity contribution in [1.29, 1.82) is 0 Å².